The van der Waals surface area contributed by atoms with E-state index in [1.54, 1.807) is 23.0 Å². The molecule has 0 spiro atoms. The van der Waals surface area contributed by atoms with Gasteiger partial charge in [-0.15, -0.1) is 0 Å². The number of aromatic nitrogens is 3. The first-order chi connectivity index (χ1) is 27.4. The van der Waals surface area contributed by atoms with Crippen LogP contribution in [0, 0.1) is 11.2 Å². The quantitative estimate of drug-likeness (QED) is 0.0394. The van der Waals surface area contributed by atoms with E-state index in [-0.39, 0.29) is 47.8 Å². The second kappa shape index (κ2) is 20.6. The van der Waals surface area contributed by atoms with Crippen LogP contribution in [0.25, 0.3) is 16.6 Å². The van der Waals surface area contributed by atoms with Gasteiger partial charge in [0.1, 0.15) is 24.4 Å². The van der Waals surface area contributed by atoms with Crippen LogP contribution in [0.5, 0.6) is 5.88 Å². The molecular weight excluding hydrogens is 761 g/mol. The predicted molar refractivity (Wildman–Crippen MR) is 216 cm³/mol. The van der Waals surface area contributed by atoms with E-state index in [1.165, 1.54) is 25.3 Å². The summed E-state index contributed by atoms with van der Waals surface area (Å²) in [5.74, 6) is -0.0607. The minimum atomic E-state index is -0.680. The zero-order valence-corrected chi connectivity index (χ0v) is 33.8. The fourth-order valence-corrected chi connectivity index (χ4v) is 6.79. The third kappa shape index (κ3) is 11.2. The molecule has 0 radical (unpaired) electrons. The number of aliphatic imine (C=N–C) groups is 1. The molecule has 7 N–H and O–H groups in total. The molecule has 4 aromatic rings. The molecule has 3 atom stereocenters. The first-order valence-electron chi connectivity index (χ1n) is 18.9. The number of nitrogens with zero attached hydrogens (tertiary/aromatic N) is 4. The number of fused-ring (bicyclic) bond motifs is 1. The number of halogens is 2. The maximum absolute atomic E-state index is 14.2. The lowest BCUT2D eigenvalue weighted by atomic mass is 9.75. The Balaban J connectivity index is 1.34. The van der Waals surface area contributed by atoms with Gasteiger partial charge >= 0.3 is 0 Å². The van der Waals surface area contributed by atoms with Crippen LogP contribution >= 0.6 is 11.6 Å². The molecule has 3 heterocycles. The second-order valence-electron chi connectivity index (χ2n) is 14.5. The molecule has 1 aliphatic rings. The lowest BCUT2D eigenvalue weighted by Gasteiger charge is -2.39. The van der Waals surface area contributed by atoms with Crippen LogP contribution in [0.1, 0.15) is 50.8 Å². The predicted octanol–water partition coefficient (Wildman–Crippen LogP) is 4.66. The van der Waals surface area contributed by atoms with Gasteiger partial charge in [-0.3, -0.25) is 0 Å². The van der Waals surface area contributed by atoms with Crippen LogP contribution in [-0.2, 0) is 23.7 Å². The number of anilines is 1. The van der Waals surface area contributed by atoms with E-state index < -0.39 is 17.5 Å². The molecule has 5 rings (SSSR count). The van der Waals surface area contributed by atoms with Gasteiger partial charge in [-0.25, -0.2) is 18.9 Å². The number of ether oxygens (including phenoxy) is 6. The standard InChI is InChI=1S/C40H55ClFN7O8/c1-39(2)35(7-8-40(39,3)44)48-37-30(38(43)47-32-20-27(42)5-6-31(32)41)23-46-49-24-26(19-33(37)49)29-22-45-36(21-28(29)34(25-51)52-4)57-18-17-56-16-15-55-14-13-54-12-11-53-10-9-50/h5-6,19-24,34-35,48,50-51H,7-18,25,44H2,1-4H3,(H2,43,47)/t34?,35-,40+/m1/s1. The molecule has 312 valence electrons. The van der Waals surface area contributed by atoms with Crippen molar-refractivity contribution in [2.24, 2.45) is 21.9 Å². The Morgan fingerprint density at radius 2 is 1.67 bits per heavy atom. The van der Waals surface area contributed by atoms with Gasteiger partial charge in [-0.2, -0.15) is 5.10 Å². The molecule has 17 heteroatoms. The van der Waals surface area contributed by atoms with E-state index >= 15 is 0 Å². The number of nitrogens with one attached hydrogen (secondary N) is 1. The average molecular weight is 816 g/mol. The van der Waals surface area contributed by atoms with Crippen molar-refractivity contribution in [3.8, 4) is 17.0 Å². The first-order valence-corrected chi connectivity index (χ1v) is 19.3. The Morgan fingerprint density at radius 3 is 2.28 bits per heavy atom. The largest absolute Gasteiger partial charge is 0.475 e. The van der Waals surface area contributed by atoms with E-state index in [1.807, 2.05) is 12.3 Å². The SMILES string of the molecule is COC(CO)c1cc(OCCOCCOCCOCCOCCO)ncc1-c1cc2c(N[C@@H]3CC[C@](C)(N)C3(C)C)c(/C(N)=N/c3cc(F)ccc3Cl)cnn2c1. The lowest BCUT2D eigenvalue weighted by Crippen LogP contribution is -2.51. The van der Waals surface area contributed by atoms with Gasteiger partial charge in [0.25, 0.3) is 0 Å². The van der Waals surface area contributed by atoms with Crippen molar-refractivity contribution < 1.29 is 43.0 Å². The third-order valence-corrected chi connectivity index (χ3v) is 10.8. The number of amidine groups is 1. The Bertz CT molecular complexity index is 1940. The van der Waals surface area contributed by atoms with Gasteiger partial charge in [0.05, 0.1) is 99.7 Å². The van der Waals surface area contributed by atoms with E-state index in [0.717, 1.165) is 18.4 Å². The van der Waals surface area contributed by atoms with E-state index in [0.29, 0.717) is 86.6 Å². The van der Waals surface area contributed by atoms with E-state index in [4.69, 9.17) is 56.6 Å². The van der Waals surface area contributed by atoms with Gasteiger partial charge < -0.3 is 55.4 Å². The van der Waals surface area contributed by atoms with Crippen LogP contribution in [-0.4, -0.2) is 122 Å². The van der Waals surface area contributed by atoms with E-state index in [2.05, 4.69) is 41.2 Å². The molecule has 57 heavy (non-hydrogen) atoms. The number of rotatable bonds is 23. The number of aliphatic hydroxyl groups is 2. The molecule has 15 nitrogen and oxygen atoms in total. The highest BCUT2D eigenvalue weighted by molar-refractivity contribution is 6.33. The van der Waals surface area contributed by atoms with Gasteiger partial charge in [0, 0.05) is 59.8 Å². The molecule has 1 saturated carbocycles. The first kappa shape index (κ1) is 44.1. The lowest BCUT2D eigenvalue weighted by molar-refractivity contribution is -0.00791. The molecule has 1 unspecified atom stereocenters. The topological polar surface area (TPSA) is 202 Å². The monoisotopic (exact) mass is 815 g/mol. The summed E-state index contributed by atoms with van der Waals surface area (Å²) < 4.78 is 49.2. The summed E-state index contributed by atoms with van der Waals surface area (Å²) in [5, 5.41) is 27.7. The smallest absolute Gasteiger partial charge is 0.213 e. The molecule has 0 bridgehead atoms. The van der Waals surface area contributed by atoms with Crippen molar-refractivity contribution in [1.29, 1.82) is 0 Å². The summed E-state index contributed by atoms with van der Waals surface area (Å²) in [6.07, 6.45) is 6.09. The van der Waals surface area contributed by atoms with Gasteiger partial charge in [0.2, 0.25) is 5.88 Å². The zero-order valence-electron chi connectivity index (χ0n) is 33.0. The highest BCUT2D eigenvalue weighted by Crippen LogP contribution is 2.46. The Kier molecular flexibility index (Phi) is 16.0. The number of benzene rings is 1. The molecular formula is C40H55ClFN7O8. The van der Waals surface area contributed by atoms with Gasteiger partial charge in [-0.1, -0.05) is 25.4 Å². The van der Waals surface area contributed by atoms with Crippen molar-refractivity contribution in [3.05, 3.63) is 70.9 Å². The van der Waals surface area contributed by atoms with Crippen LogP contribution in [0.15, 0.2) is 53.9 Å². The minimum absolute atomic E-state index is 0.00948. The number of hydrogen-bond acceptors (Lipinski definition) is 13. The van der Waals surface area contributed by atoms with E-state index in [9.17, 15) is 9.50 Å². The van der Waals surface area contributed by atoms with Crippen LogP contribution < -0.4 is 21.5 Å². The van der Waals surface area contributed by atoms with Crippen molar-refractivity contribution in [1.82, 2.24) is 14.6 Å². The van der Waals surface area contributed by atoms with Crippen molar-refractivity contribution in [2.75, 3.05) is 85.1 Å². The summed E-state index contributed by atoms with van der Waals surface area (Å²) in [6, 6.07) is 7.57. The van der Waals surface area contributed by atoms with Crippen LogP contribution in [0.2, 0.25) is 5.02 Å². The van der Waals surface area contributed by atoms with Gasteiger partial charge in [0.15, 0.2) is 0 Å². The summed E-state index contributed by atoms with van der Waals surface area (Å²) in [4.78, 5) is 9.08. The van der Waals surface area contributed by atoms with Crippen molar-refractivity contribution in [2.45, 2.75) is 51.3 Å². The Morgan fingerprint density at radius 1 is 1.00 bits per heavy atom. The average Bonchev–Trinajstić information content (AvgIpc) is 3.71. The summed E-state index contributed by atoms with van der Waals surface area (Å²) in [5.41, 5.74) is 16.8. The normalized spacial score (nSPS) is 18.7. The summed E-state index contributed by atoms with van der Waals surface area (Å²) >= 11 is 6.36. The minimum Gasteiger partial charge on any atom is -0.475 e. The molecule has 0 aliphatic heterocycles. The maximum Gasteiger partial charge on any atom is 0.213 e. The van der Waals surface area contributed by atoms with Crippen molar-refractivity contribution >= 4 is 34.3 Å². The molecule has 0 saturated heterocycles. The van der Waals surface area contributed by atoms with Crippen molar-refractivity contribution in [3.63, 3.8) is 0 Å². The number of pyridine rings is 1. The number of aliphatic hydroxyl groups excluding tert-OH is 2. The van der Waals surface area contributed by atoms with Crippen LogP contribution in [0.3, 0.4) is 0 Å². The zero-order chi connectivity index (χ0) is 41.0. The Hall–Kier alpha value is -3.97. The van der Waals surface area contributed by atoms with Crippen LogP contribution in [0.4, 0.5) is 15.8 Å². The number of hydrogen-bond donors (Lipinski definition) is 5. The summed E-state index contributed by atoms with van der Waals surface area (Å²) in [7, 11) is 1.52. The number of methoxy groups -OCH3 is 1. The molecule has 3 aromatic heterocycles. The fourth-order valence-electron chi connectivity index (χ4n) is 6.63. The second-order valence-corrected chi connectivity index (χ2v) is 14.9. The molecule has 1 aromatic carbocycles. The highest BCUT2D eigenvalue weighted by Gasteiger charge is 2.49. The fraction of sp³-hybridized carbons (Fsp3) is 0.525. The number of nitrogens with two attached hydrogens (primary N) is 2. The molecule has 1 aliphatic carbocycles. The molecule has 0 amide bonds. The van der Waals surface area contributed by atoms with Gasteiger partial charge in [-0.05, 0) is 43.5 Å². The Labute approximate surface area is 337 Å². The summed E-state index contributed by atoms with van der Waals surface area (Å²) in [6.45, 7) is 9.41. The maximum atomic E-state index is 14.2. The highest BCUT2D eigenvalue weighted by atomic mass is 35.5. The molecule has 1 fully saturated rings. The third-order valence-electron chi connectivity index (χ3n) is 10.5.